The molecule has 0 aliphatic carbocycles. The standard InChI is InChI=1S/C10H25N3/c1-2-10(13,7-5-9-12)6-3-4-8-11/h2-9,11-13H2,1H3. The lowest BCUT2D eigenvalue weighted by Crippen LogP contribution is -2.39. The summed E-state index contributed by atoms with van der Waals surface area (Å²) in [5.74, 6) is 0. The highest BCUT2D eigenvalue weighted by atomic mass is 14.7. The van der Waals surface area contributed by atoms with Crippen LogP contribution < -0.4 is 17.2 Å². The molecular formula is C10H25N3. The van der Waals surface area contributed by atoms with E-state index in [1.165, 1.54) is 0 Å². The molecule has 1 unspecified atom stereocenters. The van der Waals surface area contributed by atoms with Gasteiger partial charge in [0.15, 0.2) is 0 Å². The van der Waals surface area contributed by atoms with Crippen molar-refractivity contribution < 1.29 is 0 Å². The Hall–Kier alpha value is -0.120. The normalized spacial score (nSPS) is 15.7. The van der Waals surface area contributed by atoms with Crippen molar-refractivity contribution in [3.8, 4) is 0 Å². The molecule has 3 nitrogen and oxygen atoms in total. The quantitative estimate of drug-likeness (QED) is 0.495. The van der Waals surface area contributed by atoms with Crippen LogP contribution in [0.1, 0.15) is 45.4 Å². The fraction of sp³-hybridized carbons (Fsp3) is 1.00. The zero-order valence-electron chi connectivity index (χ0n) is 8.89. The van der Waals surface area contributed by atoms with Gasteiger partial charge in [0.05, 0.1) is 0 Å². The molecule has 1 atom stereocenters. The van der Waals surface area contributed by atoms with Crippen LogP contribution in [-0.4, -0.2) is 18.6 Å². The van der Waals surface area contributed by atoms with E-state index in [2.05, 4.69) is 6.92 Å². The van der Waals surface area contributed by atoms with E-state index in [-0.39, 0.29) is 5.54 Å². The SMILES string of the molecule is CCC(N)(CCCN)CCCCN. The van der Waals surface area contributed by atoms with E-state index >= 15 is 0 Å². The minimum atomic E-state index is 0.00847. The first kappa shape index (κ1) is 12.9. The Balaban J connectivity index is 3.67. The molecule has 0 aliphatic rings. The second-order valence-electron chi connectivity index (χ2n) is 3.85. The summed E-state index contributed by atoms with van der Waals surface area (Å²) in [6.07, 6.45) is 6.43. The largest absolute Gasteiger partial charge is 0.330 e. The number of hydrogen-bond acceptors (Lipinski definition) is 3. The van der Waals surface area contributed by atoms with Gasteiger partial charge >= 0.3 is 0 Å². The highest BCUT2D eigenvalue weighted by molar-refractivity contribution is 4.82. The summed E-state index contributed by atoms with van der Waals surface area (Å²) in [5, 5.41) is 0. The van der Waals surface area contributed by atoms with Gasteiger partial charge in [-0.3, -0.25) is 0 Å². The third-order valence-corrected chi connectivity index (χ3v) is 2.71. The Labute approximate surface area is 82.0 Å². The van der Waals surface area contributed by atoms with Gasteiger partial charge in [-0.25, -0.2) is 0 Å². The minimum absolute atomic E-state index is 0.00847. The van der Waals surface area contributed by atoms with Crippen LogP contribution in [0.25, 0.3) is 0 Å². The topological polar surface area (TPSA) is 78.1 Å². The fourth-order valence-corrected chi connectivity index (χ4v) is 1.55. The van der Waals surface area contributed by atoms with Crippen molar-refractivity contribution in [3.63, 3.8) is 0 Å². The summed E-state index contributed by atoms with van der Waals surface area (Å²) in [4.78, 5) is 0. The highest BCUT2D eigenvalue weighted by Crippen LogP contribution is 2.20. The molecule has 0 bridgehead atoms. The molecule has 0 radical (unpaired) electrons. The van der Waals surface area contributed by atoms with Gasteiger partial charge in [-0.15, -0.1) is 0 Å². The van der Waals surface area contributed by atoms with Crippen LogP contribution >= 0.6 is 0 Å². The van der Waals surface area contributed by atoms with Gasteiger partial charge in [-0.1, -0.05) is 13.3 Å². The van der Waals surface area contributed by atoms with E-state index in [1.807, 2.05) is 0 Å². The number of unbranched alkanes of at least 4 members (excludes halogenated alkanes) is 1. The van der Waals surface area contributed by atoms with Gasteiger partial charge in [-0.2, -0.15) is 0 Å². The van der Waals surface area contributed by atoms with Crippen LogP contribution in [0.15, 0.2) is 0 Å². The van der Waals surface area contributed by atoms with Crippen LogP contribution in [0.5, 0.6) is 0 Å². The molecule has 0 aliphatic heterocycles. The Kier molecular flexibility index (Phi) is 7.23. The molecule has 0 aromatic rings. The Morgan fingerprint density at radius 1 is 0.923 bits per heavy atom. The molecule has 0 spiro atoms. The average Bonchev–Trinajstić information content (AvgIpc) is 2.15. The molecule has 0 rings (SSSR count). The van der Waals surface area contributed by atoms with Crippen LogP contribution in [0.3, 0.4) is 0 Å². The van der Waals surface area contributed by atoms with Crippen LogP contribution in [-0.2, 0) is 0 Å². The van der Waals surface area contributed by atoms with E-state index in [0.717, 1.165) is 51.6 Å². The van der Waals surface area contributed by atoms with Crippen LogP contribution in [0, 0.1) is 0 Å². The van der Waals surface area contributed by atoms with E-state index in [1.54, 1.807) is 0 Å². The lowest BCUT2D eigenvalue weighted by Gasteiger charge is -2.28. The molecule has 0 aromatic carbocycles. The molecule has 0 fully saturated rings. The smallest absolute Gasteiger partial charge is 0.0152 e. The number of nitrogens with two attached hydrogens (primary N) is 3. The second-order valence-corrected chi connectivity index (χ2v) is 3.85. The van der Waals surface area contributed by atoms with Crippen molar-refractivity contribution in [1.29, 1.82) is 0 Å². The average molecular weight is 187 g/mol. The summed E-state index contributed by atoms with van der Waals surface area (Å²) in [6.45, 7) is 3.67. The maximum atomic E-state index is 6.23. The molecular weight excluding hydrogens is 162 g/mol. The second kappa shape index (κ2) is 7.30. The Bertz CT molecular complexity index is 117. The van der Waals surface area contributed by atoms with Gasteiger partial charge in [0.2, 0.25) is 0 Å². The van der Waals surface area contributed by atoms with Crippen molar-refractivity contribution in [2.24, 2.45) is 17.2 Å². The summed E-state index contributed by atoms with van der Waals surface area (Å²) in [6, 6.07) is 0. The van der Waals surface area contributed by atoms with Crippen LogP contribution in [0.2, 0.25) is 0 Å². The molecule has 6 N–H and O–H groups in total. The maximum Gasteiger partial charge on any atom is 0.0152 e. The Morgan fingerprint density at radius 2 is 1.46 bits per heavy atom. The third kappa shape index (κ3) is 6.02. The zero-order valence-corrected chi connectivity index (χ0v) is 8.89. The first-order valence-electron chi connectivity index (χ1n) is 5.37. The third-order valence-electron chi connectivity index (χ3n) is 2.71. The van der Waals surface area contributed by atoms with Crippen LogP contribution in [0.4, 0.5) is 0 Å². The minimum Gasteiger partial charge on any atom is -0.330 e. The van der Waals surface area contributed by atoms with E-state index < -0.39 is 0 Å². The van der Waals surface area contributed by atoms with Crippen molar-refractivity contribution >= 4 is 0 Å². The van der Waals surface area contributed by atoms with E-state index in [4.69, 9.17) is 17.2 Å². The first-order chi connectivity index (χ1) is 6.18. The highest BCUT2D eigenvalue weighted by Gasteiger charge is 2.20. The summed E-state index contributed by atoms with van der Waals surface area (Å²) < 4.78 is 0. The van der Waals surface area contributed by atoms with Gasteiger partial charge in [0.1, 0.15) is 0 Å². The van der Waals surface area contributed by atoms with Gasteiger partial charge in [-0.05, 0) is 45.2 Å². The van der Waals surface area contributed by atoms with E-state index in [9.17, 15) is 0 Å². The molecule has 0 heterocycles. The molecule has 0 amide bonds. The lowest BCUT2D eigenvalue weighted by molar-refractivity contribution is 0.335. The predicted molar refractivity (Wildman–Crippen MR) is 58.4 cm³/mol. The zero-order chi connectivity index (χ0) is 10.2. The first-order valence-corrected chi connectivity index (χ1v) is 5.37. The summed E-state index contributed by atoms with van der Waals surface area (Å²) in [7, 11) is 0. The summed E-state index contributed by atoms with van der Waals surface area (Å²) >= 11 is 0. The maximum absolute atomic E-state index is 6.23. The molecule has 3 heteroatoms. The van der Waals surface area contributed by atoms with Crippen molar-refractivity contribution in [1.82, 2.24) is 0 Å². The van der Waals surface area contributed by atoms with Crippen molar-refractivity contribution in [2.45, 2.75) is 51.0 Å². The molecule has 13 heavy (non-hydrogen) atoms. The molecule has 0 saturated carbocycles. The number of hydrogen-bond donors (Lipinski definition) is 3. The van der Waals surface area contributed by atoms with E-state index in [0.29, 0.717) is 0 Å². The molecule has 80 valence electrons. The fourth-order valence-electron chi connectivity index (χ4n) is 1.55. The monoisotopic (exact) mass is 187 g/mol. The lowest BCUT2D eigenvalue weighted by atomic mass is 9.86. The van der Waals surface area contributed by atoms with Gasteiger partial charge < -0.3 is 17.2 Å². The molecule has 0 saturated heterocycles. The Morgan fingerprint density at radius 3 is 1.92 bits per heavy atom. The molecule has 0 aromatic heterocycles. The predicted octanol–water partition coefficient (Wildman–Crippen LogP) is 0.962. The van der Waals surface area contributed by atoms with Crippen molar-refractivity contribution in [3.05, 3.63) is 0 Å². The van der Waals surface area contributed by atoms with Crippen molar-refractivity contribution in [2.75, 3.05) is 13.1 Å². The number of rotatable bonds is 8. The summed E-state index contributed by atoms with van der Waals surface area (Å²) in [5.41, 5.74) is 17.1. The van der Waals surface area contributed by atoms with Gasteiger partial charge in [0.25, 0.3) is 0 Å². The van der Waals surface area contributed by atoms with Gasteiger partial charge in [0, 0.05) is 5.54 Å².